The van der Waals surface area contributed by atoms with Gasteiger partial charge in [0, 0.05) is 47.9 Å². The maximum atomic E-state index is 7.24. The summed E-state index contributed by atoms with van der Waals surface area (Å²) in [5, 5.41) is 4.78. The second-order valence-electron chi connectivity index (χ2n) is 19.6. The van der Waals surface area contributed by atoms with Crippen molar-refractivity contribution in [3.63, 3.8) is 0 Å². The molecule has 0 amide bonds. The van der Waals surface area contributed by atoms with Gasteiger partial charge in [-0.2, -0.15) is 0 Å². The first-order valence-electron chi connectivity index (χ1n) is 24.9. The second kappa shape index (κ2) is 15.6. The van der Waals surface area contributed by atoms with Crippen LogP contribution >= 0.6 is 11.3 Å². The van der Waals surface area contributed by atoms with Crippen molar-refractivity contribution in [3.05, 3.63) is 294 Å². The molecule has 15 rings (SSSR count). The quantitative estimate of drug-likeness (QED) is 0.158. The van der Waals surface area contributed by atoms with Gasteiger partial charge in [-0.3, -0.25) is 0 Å². The summed E-state index contributed by atoms with van der Waals surface area (Å²) in [7, 11) is 0. The molecule has 13 aromatic rings. The fourth-order valence-corrected chi connectivity index (χ4v) is 14.1. The van der Waals surface area contributed by atoms with Gasteiger partial charge in [-0.05, 0) is 116 Å². The maximum absolute atomic E-state index is 7.24. The zero-order valence-corrected chi connectivity index (χ0v) is 40.3. The fraction of sp³-hybridized carbons (Fsp3) is 0.0435. The van der Waals surface area contributed by atoms with E-state index in [-0.39, 0.29) is 0 Å². The van der Waals surface area contributed by atoms with Crippen LogP contribution in [0.3, 0.4) is 0 Å². The minimum absolute atomic E-state index is 0.470. The molecular weight excluding hydrogens is 891 g/mol. The summed E-state index contributed by atoms with van der Waals surface area (Å²) in [5.74, 6) is 0. The molecule has 0 unspecified atom stereocenters. The third-order valence-electron chi connectivity index (χ3n) is 16.0. The minimum atomic E-state index is -0.567. The number of benzene rings is 11. The summed E-state index contributed by atoms with van der Waals surface area (Å²) >= 11 is 1.88. The average Bonchev–Trinajstić information content (AvgIpc) is 4.18. The Hall–Kier alpha value is -8.76. The van der Waals surface area contributed by atoms with Crippen LogP contribution in [0, 0.1) is 0 Å². The minimum Gasteiger partial charge on any atom is -0.456 e. The summed E-state index contributed by atoms with van der Waals surface area (Å²) < 4.78 is 9.85. The maximum Gasteiger partial charge on any atom is 0.141 e. The van der Waals surface area contributed by atoms with Gasteiger partial charge < -0.3 is 9.32 Å². The van der Waals surface area contributed by atoms with E-state index in [0.717, 1.165) is 44.6 Å². The normalized spacial score (nSPS) is 13.8. The van der Waals surface area contributed by atoms with Crippen LogP contribution in [0.15, 0.2) is 259 Å². The standard InChI is InChI=1S/C69H45NOS/c1-68(57-30-13-8-23-50(57)51-24-9-14-31-58(51)68)60-41-42-62(65-56-27-11-16-33-63(56)71-66(60)65)70(47-37-35-44(36-38-47)49-28-18-29-55-54-26-12-17-34-64(54)72-67(49)55)48-39-40-53-52-25-10-15-32-59(52)69(61(53)43-48,45-19-4-2-5-20-45)46-21-6-3-7-22-46/h2-43H,1H3. The molecule has 0 saturated heterocycles. The molecule has 0 aliphatic heterocycles. The molecule has 338 valence electrons. The molecule has 2 aliphatic rings. The molecule has 2 aliphatic carbocycles. The molecule has 0 radical (unpaired) electrons. The lowest BCUT2D eigenvalue weighted by molar-refractivity contribution is 0.638. The van der Waals surface area contributed by atoms with Gasteiger partial charge in [0.2, 0.25) is 0 Å². The first-order chi connectivity index (χ1) is 35.6. The summed E-state index contributed by atoms with van der Waals surface area (Å²) in [6.07, 6.45) is 0. The lowest BCUT2D eigenvalue weighted by Gasteiger charge is -2.35. The number of nitrogens with zero attached hydrogens (tertiary/aromatic N) is 1. The van der Waals surface area contributed by atoms with Crippen LogP contribution in [0.1, 0.15) is 45.9 Å². The first kappa shape index (κ1) is 41.1. The Bertz CT molecular complexity index is 4210. The number of hydrogen-bond donors (Lipinski definition) is 0. The summed E-state index contributed by atoms with van der Waals surface area (Å²) in [4.78, 5) is 2.49. The van der Waals surface area contributed by atoms with E-state index >= 15 is 0 Å². The number of para-hydroxylation sites is 1. The van der Waals surface area contributed by atoms with Crippen molar-refractivity contribution in [2.24, 2.45) is 0 Å². The van der Waals surface area contributed by atoms with E-state index in [1.165, 1.54) is 86.9 Å². The molecule has 3 heteroatoms. The molecule has 2 heterocycles. The van der Waals surface area contributed by atoms with Crippen LogP contribution in [0.5, 0.6) is 0 Å². The molecule has 0 fully saturated rings. The van der Waals surface area contributed by atoms with E-state index in [0.29, 0.717) is 0 Å². The molecule has 2 aromatic heterocycles. The van der Waals surface area contributed by atoms with E-state index in [9.17, 15) is 0 Å². The molecule has 0 spiro atoms. The van der Waals surface area contributed by atoms with E-state index in [1.807, 2.05) is 11.3 Å². The zero-order chi connectivity index (χ0) is 47.5. The van der Waals surface area contributed by atoms with Gasteiger partial charge >= 0.3 is 0 Å². The van der Waals surface area contributed by atoms with E-state index < -0.39 is 10.8 Å². The van der Waals surface area contributed by atoms with Crippen LogP contribution in [0.4, 0.5) is 17.1 Å². The number of furan rings is 1. The Morgan fingerprint density at radius 1 is 0.389 bits per heavy atom. The smallest absolute Gasteiger partial charge is 0.141 e. The number of hydrogen-bond acceptors (Lipinski definition) is 3. The molecule has 0 atom stereocenters. The number of rotatable bonds is 7. The van der Waals surface area contributed by atoms with Crippen LogP contribution in [-0.4, -0.2) is 0 Å². The first-order valence-corrected chi connectivity index (χ1v) is 25.7. The summed E-state index contributed by atoms with van der Waals surface area (Å²) in [5.41, 5.74) is 20.2. The highest BCUT2D eigenvalue weighted by Crippen LogP contribution is 2.59. The number of anilines is 3. The molecule has 0 bridgehead atoms. The summed E-state index contributed by atoms with van der Waals surface area (Å²) in [6, 6.07) is 94.3. The molecule has 11 aromatic carbocycles. The van der Waals surface area contributed by atoms with Gasteiger partial charge in [0.05, 0.1) is 16.5 Å². The van der Waals surface area contributed by atoms with Gasteiger partial charge in [0.25, 0.3) is 0 Å². The highest BCUT2D eigenvalue weighted by atomic mass is 32.1. The number of fused-ring (bicyclic) bond motifs is 12. The SMILES string of the molecule is CC1(c2ccc(N(c3ccc(-c4cccc5c4sc4ccccc45)cc3)c3ccc4c(c3)C(c3ccccc3)(c3ccccc3)c3ccccc3-4)c3c2oc2ccccc23)c2ccccc2-c2ccccc21. The van der Waals surface area contributed by atoms with Crippen molar-refractivity contribution < 1.29 is 4.42 Å². The lowest BCUT2D eigenvalue weighted by atomic mass is 9.67. The third kappa shape index (κ3) is 5.65. The van der Waals surface area contributed by atoms with Gasteiger partial charge in [0.15, 0.2) is 0 Å². The largest absolute Gasteiger partial charge is 0.456 e. The third-order valence-corrected chi connectivity index (χ3v) is 17.3. The van der Waals surface area contributed by atoms with Crippen molar-refractivity contribution in [1.82, 2.24) is 0 Å². The van der Waals surface area contributed by atoms with Gasteiger partial charge in [0.1, 0.15) is 11.2 Å². The molecule has 72 heavy (non-hydrogen) atoms. The van der Waals surface area contributed by atoms with Crippen molar-refractivity contribution >= 4 is 70.5 Å². The molecule has 0 saturated carbocycles. The molecule has 2 nitrogen and oxygen atoms in total. The Morgan fingerprint density at radius 3 is 1.64 bits per heavy atom. The van der Waals surface area contributed by atoms with Gasteiger partial charge in [-0.1, -0.05) is 212 Å². The van der Waals surface area contributed by atoms with Crippen molar-refractivity contribution in [2.45, 2.75) is 17.8 Å². The predicted octanol–water partition coefficient (Wildman–Crippen LogP) is 18.8. The van der Waals surface area contributed by atoms with Crippen molar-refractivity contribution in [2.75, 3.05) is 4.90 Å². The summed E-state index contributed by atoms with van der Waals surface area (Å²) in [6.45, 7) is 2.39. The highest BCUT2D eigenvalue weighted by Gasteiger charge is 2.47. The fourth-order valence-electron chi connectivity index (χ4n) is 12.9. The average molecular weight is 936 g/mol. The number of thiophene rings is 1. The van der Waals surface area contributed by atoms with Crippen LogP contribution < -0.4 is 4.90 Å². The lowest BCUT2D eigenvalue weighted by Crippen LogP contribution is -2.28. The van der Waals surface area contributed by atoms with E-state index in [2.05, 4.69) is 267 Å². The van der Waals surface area contributed by atoms with E-state index in [1.54, 1.807) is 0 Å². The topological polar surface area (TPSA) is 16.4 Å². The Balaban J connectivity index is 1.00. The highest BCUT2D eigenvalue weighted by molar-refractivity contribution is 7.26. The van der Waals surface area contributed by atoms with Crippen LogP contribution in [-0.2, 0) is 10.8 Å². The molecular formula is C69H45NOS. The molecule has 0 N–H and O–H groups in total. The Labute approximate surface area is 422 Å². The van der Waals surface area contributed by atoms with Gasteiger partial charge in [-0.15, -0.1) is 11.3 Å². The van der Waals surface area contributed by atoms with Crippen molar-refractivity contribution in [3.8, 4) is 33.4 Å². The Kier molecular flexibility index (Phi) is 8.91. The predicted molar refractivity (Wildman–Crippen MR) is 301 cm³/mol. The van der Waals surface area contributed by atoms with Gasteiger partial charge in [-0.25, -0.2) is 0 Å². The second-order valence-corrected chi connectivity index (χ2v) is 20.6. The monoisotopic (exact) mass is 935 g/mol. The Morgan fingerprint density at radius 2 is 0.931 bits per heavy atom. The van der Waals surface area contributed by atoms with Crippen molar-refractivity contribution in [1.29, 1.82) is 0 Å². The van der Waals surface area contributed by atoms with Crippen LogP contribution in [0.2, 0.25) is 0 Å². The van der Waals surface area contributed by atoms with E-state index in [4.69, 9.17) is 4.42 Å². The van der Waals surface area contributed by atoms with Crippen LogP contribution in [0.25, 0.3) is 75.5 Å². The zero-order valence-electron chi connectivity index (χ0n) is 39.5.